The lowest BCUT2D eigenvalue weighted by atomic mass is 9.94. The van der Waals surface area contributed by atoms with Gasteiger partial charge >= 0.3 is 5.97 Å². The van der Waals surface area contributed by atoms with Crippen LogP contribution in [0.3, 0.4) is 0 Å². The van der Waals surface area contributed by atoms with Crippen molar-refractivity contribution in [2.24, 2.45) is 5.11 Å². The molecule has 20 heavy (non-hydrogen) atoms. The molecule has 1 aliphatic carbocycles. The van der Waals surface area contributed by atoms with Gasteiger partial charge in [0.1, 0.15) is 12.1 Å². The van der Waals surface area contributed by atoms with Crippen molar-refractivity contribution in [1.29, 1.82) is 0 Å². The van der Waals surface area contributed by atoms with Gasteiger partial charge in [0.25, 0.3) is 0 Å². The number of hydrogen-bond donors (Lipinski definition) is 0. The van der Waals surface area contributed by atoms with Gasteiger partial charge in [-0.2, -0.15) is 0 Å². The SMILES string of the molecule is [N-]=[N+]=N[C@@H]1C[C@H](C[C@H]2COC3(CCCCC3)O2)OC1=O. The summed E-state index contributed by atoms with van der Waals surface area (Å²) in [6, 6.07) is -0.684. The number of hydrogen-bond acceptors (Lipinski definition) is 5. The molecule has 0 aromatic heterocycles. The lowest BCUT2D eigenvalue weighted by Crippen LogP contribution is -2.33. The third-order valence-electron chi connectivity index (χ3n) is 4.29. The second kappa shape index (κ2) is 5.60. The lowest BCUT2D eigenvalue weighted by Gasteiger charge is -2.31. The van der Waals surface area contributed by atoms with E-state index < -0.39 is 17.8 Å². The van der Waals surface area contributed by atoms with Crippen LogP contribution in [-0.2, 0) is 19.0 Å². The Morgan fingerprint density at radius 1 is 1.30 bits per heavy atom. The molecular weight excluding hydrogens is 262 g/mol. The van der Waals surface area contributed by atoms with Crippen LogP contribution in [0.25, 0.3) is 10.4 Å². The molecule has 3 fully saturated rings. The van der Waals surface area contributed by atoms with Crippen molar-refractivity contribution in [3.63, 3.8) is 0 Å². The summed E-state index contributed by atoms with van der Waals surface area (Å²) in [5, 5.41) is 3.45. The van der Waals surface area contributed by atoms with E-state index in [4.69, 9.17) is 19.7 Å². The summed E-state index contributed by atoms with van der Waals surface area (Å²) in [7, 11) is 0. The van der Waals surface area contributed by atoms with E-state index >= 15 is 0 Å². The number of esters is 1. The Hall–Kier alpha value is -1.30. The quantitative estimate of drug-likeness (QED) is 0.343. The van der Waals surface area contributed by atoms with Gasteiger partial charge in [-0.15, -0.1) is 0 Å². The molecular formula is C13H19N3O4. The molecule has 3 aliphatic rings. The second-order valence-corrected chi connectivity index (χ2v) is 5.77. The van der Waals surface area contributed by atoms with Crippen LogP contribution < -0.4 is 0 Å². The van der Waals surface area contributed by atoms with Gasteiger partial charge in [-0.1, -0.05) is 11.5 Å². The molecule has 1 saturated carbocycles. The largest absolute Gasteiger partial charge is 0.462 e. The van der Waals surface area contributed by atoms with E-state index in [1.807, 2.05) is 0 Å². The fraction of sp³-hybridized carbons (Fsp3) is 0.923. The Morgan fingerprint density at radius 3 is 2.85 bits per heavy atom. The van der Waals surface area contributed by atoms with Gasteiger partial charge in [0.2, 0.25) is 0 Å². The maximum absolute atomic E-state index is 11.5. The lowest BCUT2D eigenvalue weighted by molar-refractivity contribution is -0.189. The summed E-state index contributed by atoms with van der Waals surface area (Å²) >= 11 is 0. The first-order valence-corrected chi connectivity index (χ1v) is 7.27. The number of carbonyl (C=O) groups excluding carboxylic acids is 1. The smallest absolute Gasteiger partial charge is 0.315 e. The van der Waals surface area contributed by atoms with Gasteiger partial charge in [-0.05, 0) is 18.4 Å². The van der Waals surface area contributed by atoms with Crippen molar-refractivity contribution in [2.45, 2.75) is 69.0 Å². The molecule has 0 bridgehead atoms. The Labute approximate surface area is 117 Å². The van der Waals surface area contributed by atoms with E-state index in [1.54, 1.807) is 0 Å². The molecule has 0 N–H and O–H groups in total. The predicted octanol–water partition coefficient (Wildman–Crippen LogP) is 2.45. The molecule has 7 heteroatoms. The fourth-order valence-corrected chi connectivity index (χ4v) is 3.32. The van der Waals surface area contributed by atoms with Crippen LogP contribution in [0.1, 0.15) is 44.9 Å². The van der Waals surface area contributed by atoms with Crippen LogP contribution in [0, 0.1) is 0 Å². The van der Waals surface area contributed by atoms with Crippen molar-refractivity contribution in [3.8, 4) is 0 Å². The van der Waals surface area contributed by atoms with Gasteiger partial charge < -0.3 is 14.2 Å². The van der Waals surface area contributed by atoms with E-state index in [0.717, 1.165) is 25.7 Å². The molecule has 0 aromatic rings. The zero-order valence-electron chi connectivity index (χ0n) is 11.4. The highest BCUT2D eigenvalue weighted by Crippen LogP contribution is 2.39. The molecule has 2 heterocycles. The van der Waals surface area contributed by atoms with Gasteiger partial charge in [0.05, 0.1) is 12.7 Å². The maximum Gasteiger partial charge on any atom is 0.315 e. The average molecular weight is 281 g/mol. The minimum Gasteiger partial charge on any atom is -0.462 e. The van der Waals surface area contributed by atoms with Crippen LogP contribution in [0.5, 0.6) is 0 Å². The molecule has 7 nitrogen and oxygen atoms in total. The van der Waals surface area contributed by atoms with Crippen LogP contribution in [0.15, 0.2) is 5.11 Å². The number of rotatable bonds is 3. The minimum absolute atomic E-state index is 0.0317. The van der Waals surface area contributed by atoms with Crippen molar-refractivity contribution >= 4 is 5.97 Å². The second-order valence-electron chi connectivity index (χ2n) is 5.77. The molecule has 0 unspecified atom stereocenters. The van der Waals surface area contributed by atoms with E-state index in [0.29, 0.717) is 19.4 Å². The molecule has 110 valence electrons. The first kappa shape index (κ1) is 13.7. The van der Waals surface area contributed by atoms with Crippen LogP contribution in [-0.4, -0.2) is 36.6 Å². The van der Waals surface area contributed by atoms with Gasteiger partial charge in [-0.25, -0.2) is 0 Å². The topological polar surface area (TPSA) is 93.5 Å². The predicted molar refractivity (Wildman–Crippen MR) is 68.7 cm³/mol. The highest BCUT2D eigenvalue weighted by atomic mass is 16.7. The first-order chi connectivity index (χ1) is 9.71. The molecule has 0 radical (unpaired) electrons. The molecule has 0 amide bonds. The Balaban J connectivity index is 1.52. The van der Waals surface area contributed by atoms with Crippen LogP contribution >= 0.6 is 0 Å². The third kappa shape index (κ3) is 2.75. The molecule has 0 aromatic carbocycles. The summed E-state index contributed by atoms with van der Waals surface area (Å²) in [6.45, 7) is 0.556. The maximum atomic E-state index is 11.5. The summed E-state index contributed by atoms with van der Waals surface area (Å²) < 4.78 is 17.2. The molecule has 3 rings (SSSR count). The normalized spacial score (nSPS) is 35.8. The zero-order chi connectivity index (χ0) is 14.0. The number of ether oxygens (including phenoxy) is 3. The summed E-state index contributed by atoms with van der Waals surface area (Å²) in [6.07, 6.45) is 6.23. The number of nitrogens with zero attached hydrogens (tertiary/aromatic N) is 3. The van der Waals surface area contributed by atoms with Crippen molar-refractivity contribution in [2.75, 3.05) is 6.61 Å². The van der Waals surface area contributed by atoms with Crippen LogP contribution in [0.2, 0.25) is 0 Å². The molecule has 1 spiro atoms. The standard InChI is InChI=1S/C13H19N3O4/c14-16-15-11-7-9(19-12(11)17)6-10-8-18-13(20-10)4-2-1-3-5-13/h9-11H,1-8H2/t9-,10-,11+/m0/s1. The summed E-state index contributed by atoms with van der Waals surface area (Å²) in [4.78, 5) is 14.2. The van der Waals surface area contributed by atoms with Crippen molar-refractivity contribution in [3.05, 3.63) is 10.4 Å². The minimum atomic E-state index is -0.684. The summed E-state index contributed by atoms with van der Waals surface area (Å²) in [5.74, 6) is -0.825. The number of azide groups is 1. The highest BCUT2D eigenvalue weighted by molar-refractivity contribution is 5.78. The zero-order valence-corrected chi connectivity index (χ0v) is 11.4. The highest BCUT2D eigenvalue weighted by Gasteiger charge is 2.44. The Kier molecular flexibility index (Phi) is 3.83. The third-order valence-corrected chi connectivity index (χ3v) is 4.29. The van der Waals surface area contributed by atoms with Gasteiger partial charge in [0.15, 0.2) is 5.79 Å². The van der Waals surface area contributed by atoms with E-state index in [2.05, 4.69) is 10.0 Å². The van der Waals surface area contributed by atoms with Gasteiger partial charge in [0, 0.05) is 30.6 Å². The monoisotopic (exact) mass is 281 g/mol. The number of cyclic esters (lactones) is 1. The van der Waals surface area contributed by atoms with E-state index in [-0.39, 0.29) is 12.2 Å². The first-order valence-electron chi connectivity index (χ1n) is 7.27. The molecule has 2 aliphatic heterocycles. The van der Waals surface area contributed by atoms with Gasteiger partial charge in [-0.3, -0.25) is 4.79 Å². The average Bonchev–Trinajstić information content (AvgIpc) is 2.97. The fourth-order valence-electron chi connectivity index (χ4n) is 3.32. The van der Waals surface area contributed by atoms with Crippen molar-refractivity contribution in [1.82, 2.24) is 0 Å². The summed E-state index contributed by atoms with van der Waals surface area (Å²) in [5.41, 5.74) is 8.39. The van der Waals surface area contributed by atoms with E-state index in [1.165, 1.54) is 6.42 Å². The van der Waals surface area contributed by atoms with Crippen molar-refractivity contribution < 1.29 is 19.0 Å². The number of carbonyl (C=O) groups is 1. The Bertz CT molecular complexity index is 429. The van der Waals surface area contributed by atoms with Crippen LogP contribution in [0.4, 0.5) is 0 Å². The van der Waals surface area contributed by atoms with E-state index in [9.17, 15) is 4.79 Å². The molecule has 3 atom stereocenters. The Morgan fingerprint density at radius 2 is 2.10 bits per heavy atom. The molecule has 2 saturated heterocycles.